The van der Waals surface area contributed by atoms with Gasteiger partial charge in [0.1, 0.15) is 0 Å². The van der Waals surface area contributed by atoms with E-state index >= 15 is 0 Å². The Labute approximate surface area is 175 Å². The van der Waals surface area contributed by atoms with Crippen LogP contribution < -0.4 is 5.48 Å². The van der Waals surface area contributed by atoms with Gasteiger partial charge in [-0.1, -0.05) is 47.6 Å². The van der Waals surface area contributed by atoms with Crippen molar-refractivity contribution in [2.24, 2.45) is 0 Å². The van der Waals surface area contributed by atoms with Crippen molar-refractivity contribution in [1.29, 1.82) is 0 Å². The average molecular weight is 404 g/mol. The third-order valence-corrected chi connectivity index (χ3v) is 5.11. The molecule has 0 aliphatic carbocycles. The molecule has 2 heterocycles. The van der Waals surface area contributed by atoms with Crippen LogP contribution >= 0.6 is 0 Å². The summed E-state index contributed by atoms with van der Waals surface area (Å²) in [4.78, 5) is 24.3. The number of benzene rings is 2. The summed E-state index contributed by atoms with van der Waals surface area (Å²) < 4.78 is 5.21. The summed E-state index contributed by atoms with van der Waals surface area (Å²) in [7, 11) is 1.56. The highest BCUT2D eigenvalue weighted by Gasteiger charge is 2.30. The van der Waals surface area contributed by atoms with Gasteiger partial charge in [-0.15, -0.1) is 0 Å². The van der Waals surface area contributed by atoms with E-state index in [1.807, 2.05) is 48.7 Å². The molecule has 0 radical (unpaired) electrons. The van der Waals surface area contributed by atoms with Gasteiger partial charge < -0.3 is 9.42 Å². The predicted octanol–water partition coefficient (Wildman–Crippen LogP) is 3.88. The zero-order chi connectivity index (χ0) is 20.9. The lowest BCUT2D eigenvalue weighted by molar-refractivity contribution is 0.0777. The lowest BCUT2D eigenvalue weighted by Gasteiger charge is -2.23. The number of hydrogen-bond acceptors (Lipinski definition) is 6. The number of amides is 1. The molecule has 1 aliphatic rings. The molecule has 0 bridgehead atoms. The molecule has 1 aliphatic heterocycles. The first-order chi connectivity index (χ1) is 14.6. The van der Waals surface area contributed by atoms with Crippen LogP contribution in [0.2, 0.25) is 0 Å². The van der Waals surface area contributed by atoms with Crippen molar-refractivity contribution in [2.45, 2.75) is 32.2 Å². The van der Waals surface area contributed by atoms with Crippen LogP contribution in [0.4, 0.5) is 0 Å². The van der Waals surface area contributed by atoms with Gasteiger partial charge in [0.15, 0.2) is 5.82 Å². The van der Waals surface area contributed by atoms with E-state index in [1.165, 1.54) is 0 Å². The Kier molecular flexibility index (Phi) is 5.90. The molecular weight excluding hydrogens is 380 g/mol. The summed E-state index contributed by atoms with van der Waals surface area (Å²) in [5.74, 6) is 1.15. The molecule has 1 aromatic heterocycles. The highest BCUT2D eigenvalue weighted by molar-refractivity contribution is 5.96. The molecule has 2 aromatic carbocycles. The van der Waals surface area contributed by atoms with E-state index in [9.17, 15) is 4.79 Å². The normalized spacial score (nSPS) is 15.9. The van der Waals surface area contributed by atoms with Gasteiger partial charge in [-0.2, -0.15) is 4.98 Å². The summed E-state index contributed by atoms with van der Waals surface area (Å²) in [6, 6.07) is 17.8. The molecule has 0 saturated heterocycles. The van der Waals surface area contributed by atoms with Crippen LogP contribution in [0.5, 0.6) is 0 Å². The third-order valence-electron chi connectivity index (χ3n) is 5.11. The number of nitrogens with one attached hydrogen (secondary N) is 1. The van der Waals surface area contributed by atoms with Crippen molar-refractivity contribution >= 4 is 5.91 Å². The summed E-state index contributed by atoms with van der Waals surface area (Å²) in [5, 5.41) is 3.83. The van der Waals surface area contributed by atoms with E-state index in [0.717, 1.165) is 16.8 Å². The fraction of sp³-hybridized carbons (Fsp3) is 0.261. The molecule has 1 unspecified atom stereocenters. The van der Waals surface area contributed by atoms with E-state index in [2.05, 4.69) is 27.8 Å². The molecule has 1 atom stereocenters. The Morgan fingerprint density at radius 3 is 2.57 bits per heavy atom. The SMILES string of the molecule is CONC1=CN(C(=O)c2ccc(-c3ccccc3)cc2)C(CCc2nc(C)no2)C1. The number of carbonyl (C=O) groups excluding carboxylic acids is 1. The molecule has 7 heteroatoms. The second kappa shape index (κ2) is 8.92. The number of hydroxylamine groups is 1. The Morgan fingerprint density at radius 1 is 1.17 bits per heavy atom. The monoisotopic (exact) mass is 404 g/mol. The van der Waals surface area contributed by atoms with E-state index in [1.54, 1.807) is 18.9 Å². The highest BCUT2D eigenvalue weighted by Crippen LogP contribution is 2.27. The maximum Gasteiger partial charge on any atom is 0.258 e. The second-order valence-corrected chi connectivity index (χ2v) is 7.25. The fourth-order valence-corrected chi connectivity index (χ4v) is 3.66. The molecule has 30 heavy (non-hydrogen) atoms. The van der Waals surface area contributed by atoms with E-state index < -0.39 is 0 Å². The van der Waals surface area contributed by atoms with Gasteiger partial charge in [-0.25, -0.2) is 0 Å². The molecule has 0 saturated carbocycles. The molecule has 1 N–H and O–H groups in total. The lowest BCUT2D eigenvalue weighted by Crippen LogP contribution is -2.33. The molecule has 154 valence electrons. The van der Waals surface area contributed by atoms with E-state index in [-0.39, 0.29) is 11.9 Å². The van der Waals surface area contributed by atoms with Crippen molar-refractivity contribution in [3.05, 3.63) is 83.8 Å². The fourth-order valence-electron chi connectivity index (χ4n) is 3.66. The molecule has 1 amide bonds. The minimum Gasteiger partial charge on any atom is -0.339 e. The standard InChI is InChI=1S/C23H24N4O3/c1-16-24-22(30-25-16)13-12-21-14-20(26-29-2)15-27(21)23(28)19-10-8-18(9-11-19)17-6-4-3-5-7-17/h3-11,15,21,26H,12-14H2,1-2H3. The van der Waals surface area contributed by atoms with Crippen LogP contribution in [0.25, 0.3) is 11.1 Å². The maximum atomic E-state index is 13.2. The van der Waals surface area contributed by atoms with Crippen LogP contribution in [0.1, 0.15) is 34.9 Å². The van der Waals surface area contributed by atoms with Gasteiger partial charge in [0.2, 0.25) is 5.89 Å². The minimum atomic E-state index is -0.0470. The van der Waals surface area contributed by atoms with Gasteiger partial charge in [-0.3, -0.25) is 15.1 Å². The van der Waals surface area contributed by atoms with Crippen LogP contribution in [0.3, 0.4) is 0 Å². The number of nitrogens with zero attached hydrogens (tertiary/aromatic N) is 3. The number of aromatic nitrogens is 2. The van der Waals surface area contributed by atoms with Gasteiger partial charge in [0.05, 0.1) is 12.8 Å². The van der Waals surface area contributed by atoms with E-state index in [4.69, 9.17) is 9.36 Å². The summed E-state index contributed by atoms with van der Waals surface area (Å²) in [6.07, 6.45) is 3.81. The molecule has 0 fully saturated rings. The Balaban J connectivity index is 1.50. The molecule has 4 rings (SSSR count). The van der Waals surface area contributed by atoms with Crippen molar-refractivity contribution in [3.8, 4) is 11.1 Å². The molecular formula is C23H24N4O3. The van der Waals surface area contributed by atoms with Crippen LogP contribution in [0.15, 0.2) is 71.0 Å². The van der Waals surface area contributed by atoms with Crippen molar-refractivity contribution in [1.82, 2.24) is 20.5 Å². The molecule has 0 spiro atoms. The largest absolute Gasteiger partial charge is 0.339 e. The summed E-state index contributed by atoms with van der Waals surface area (Å²) >= 11 is 0. The maximum absolute atomic E-state index is 13.2. The van der Waals surface area contributed by atoms with E-state index in [0.29, 0.717) is 36.5 Å². The minimum absolute atomic E-state index is 0.0174. The van der Waals surface area contributed by atoms with Gasteiger partial charge in [-0.05, 0) is 36.6 Å². The highest BCUT2D eigenvalue weighted by atomic mass is 16.6. The quantitative estimate of drug-likeness (QED) is 0.602. The Bertz CT molecular complexity index is 1030. The Morgan fingerprint density at radius 2 is 1.90 bits per heavy atom. The van der Waals surface area contributed by atoms with Gasteiger partial charge >= 0.3 is 0 Å². The van der Waals surface area contributed by atoms with Crippen LogP contribution in [-0.2, 0) is 11.3 Å². The summed E-state index contributed by atoms with van der Waals surface area (Å²) in [5.41, 5.74) is 6.56. The first-order valence-corrected chi connectivity index (χ1v) is 9.91. The van der Waals surface area contributed by atoms with Crippen molar-refractivity contribution in [2.75, 3.05) is 7.11 Å². The van der Waals surface area contributed by atoms with Gasteiger partial charge in [0, 0.05) is 30.6 Å². The third kappa shape index (κ3) is 4.41. The number of aryl methyl sites for hydroxylation is 2. The smallest absolute Gasteiger partial charge is 0.258 e. The predicted molar refractivity (Wildman–Crippen MR) is 112 cm³/mol. The van der Waals surface area contributed by atoms with Crippen LogP contribution in [-0.4, -0.2) is 34.1 Å². The lowest BCUT2D eigenvalue weighted by atomic mass is 10.0. The summed E-state index contributed by atoms with van der Waals surface area (Å²) in [6.45, 7) is 1.79. The first-order valence-electron chi connectivity index (χ1n) is 9.91. The number of carbonyl (C=O) groups is 1. The van der Waals surface area contributed by atoms with Crippen molar-refractivity contribution in [3.63, 3.8) is 0 Å². The number of hydrogen-bond donors (Lipinski definition) is 1. The van der Waals surface area contributed by atoms with Gasteiger partial charge in [0.25, 0.3) is 5.91 Å². The van der Waals surface area contributed by atoms with Crippen molar-refractivity contribution < 1.29 is 14.2 Å². The molecule has 7 nitrogen and oxygen atoms in total. The zero-order valence-electron chi connectivity index (χ0n) is 17.0. The second-order valence-electron chi connectivity index (χ2n) is 7.25. The Hall–Kier alpha value is -3.45. The molecule has 3 aromatic rings. The zero-order valence-corrected chi connectivity index (χ0v) is 17.0. The average Bonchev–Trinajstić information content (AvgIpc) is 3.38. The number of rotatable bonds is 7. The topological polar surface area (TPSA) is 80.5 Å². The van der Waals surface area contributed by atoms with Crippen LogP contribution in [0, 0.1) is 6.92 Å². The first kappa shape index (κ1) is 19.8.